The standard InChI is InChI=1S/8Ca.H3O4P/c;;;;;;;;1-5(2,3)4/h;;;;;;;;(H3,1,2,3,4)/q8*+2;/p+2. The van der Waals surface area contributed by atoms with Crippen molar-refractivity contribution < 1.29 is 22.1 Å². The summed E-state index contributed by atoms with van der Waals surface area (Å²) < 4.78 is 8.88. The van der Waals surface area contributed by atoms with Gasteiger partial charge in [0, 0.05) is 0 Å². The van der Waals surface area contributed by atoms with Gasteiger partial charge in [0.15, 0.2) is 0 Å². The summed E-state index contributed by atoms with van der Waals surface area (Å²) in [6.07, 6.45) is 0. The maximum atomic E-state index is 8.88. The van der Waals surface area contributed by atoms with E-state index in [0.717, 1.165) is 0 Å². The Kier molecular flexibility index (Phi) is 166. The number of rotatable bonds is 0. The minimum Gasteiger partial charge on any atom is -0.303 e. The van der Waals surface area contributed by atoms with Crippen LogP contribution in [0.5, 0.6) is 0 Å². The van der Waals surface area contributed by atoms with Gasteiger partial charge in [0.1, 0.15) is 0 Å². The quantitative estimate of drug-likeness (QED) is 0.278. The van der Waals surface area contributed by atoms with Gasteiger partial charge >= 0.3 is 313 Å². The molecule has 0 bridgehead atoms. The van der Waals surface area contributed by atoms with Crippen LogP contribution in [-0.2, 0) is 4.57 Å². The van der Waals surface area contributed by atoms with Crippen LogP contribution in [0.1, 0.15) is 2.85 Å². The first kappa shape index (κ1) is 56.7. The zero-order valence-electron chi connectivity index (χ0n) is 9.85. The van der Waals surface area contributed by atoms with Crippen LogP contribution < -0.4 is 0 Å². The third-order valence-electron chi connectivity index (χ3n) is 0. The van der Waals surface area contributed by atoms with E-state index in [1.807, 2.05) is 0 Å². The number of phosphoric acid groups is 1. The van der Waals surface area contributed by atoms with E-state index >= 15 is 0 Å². The zero-order chi connectivity index (χ0) is 4.50. The van der Waals surface area contributed by atoms with Crippen molar-refractivity contribution in [2.24, 2.45) is 0 Å². The SMILES string of the molecule is O=P(O)(O)O.[Ca+2].[Ca+2].[Ca+2].[Ca+2].[Ca+2].[Ca+2].[Ca+2].[Ca+2].[H+].[H+]. The van der Waals surface area contributed by atoms with E-state index in [1.54, 1.807) is 0 Å². The van der Waals surface area contributed by atoms with Crippen molar-refractivity contribution in [1.82, 2.24) is 0 Å². The first-order chi connectivity index (χ1) is 2.00. The topological polar surface area (TPSA) is 77.8 Å². The van der Waals surface area contributed by atoms with Crippen molar-refractivity contribution in [1.29, 1.82) is 0 Å². The number of hydrogen-bond acceptors (Lipinski definition) is 1. The summed E-state index contributed by atoms with van der Waals surface area (Å²) >= 11 is 0. The van der Waals surface area contributed by atoms with Crippen molar-refractivity contribution in [3.8, 4) is 0 Å². The Balaban J connectivity index is -0.00000000178. The van der Waals surface area contributed by atoms with E-state index in [-0.39, 0.29) is 305 Å². The molecule has 0 radical (unpaired) electrons. The molecule has 0 fully saturated rings. The first-order valence-electron chi connectivity index (χ1n) is 0.783. The van der Waals surface area contributed by atoms with Gasteiger partial charge in [-0.15, -0.1) is 0 Å². The molecule has 0 aliphatic rings. The maximum Gasteiger partial charge on any atom is 2.00 e. The molecule has 0 spiro atoms. The fraction of sp³-hybridized carbons (Fsp3) is 0. The van der Waals surface area contributed by atoms with Gasteiger partial charge in [0.2, 0.25) is 0 Å². The summed E-state index contributed by atoms with van der Waals surface area (Å²) in [5, 5.41) is 0. The molecule has 0 aliphatic heterocycles. The average Bonchev–Trinajstić information content (AvgIpc) is 0.722. The Bertz CT molecular complexity index is 70.8. The van der Waals surface area contributed by atoms with E-state index in [2.05, 4.69) is 0 Å². The minimum absolute atomic E-state index is 0. The molecule has 0 heterocycles. The van der Waals surface area contributed by atoms with E-state index in [4.69, 9.17) is 19.2 Å². The second kappa shape index (κ2) is 38.0. The second-order valence-electron chi connectivity index (χ2n) is 0.513. The second-order valence-corrected chi connectivity index (χ2v) is 1.54. The van der Waals surface area contributed by atoms with Crippen LogP contribution in [0.4, 0.5) is 0 Å². The van der Waals surface area contributed by atoms with Gasteiger partial charge in [0.25, 0.3) is 0 Å². The molecule has 0 atom stereocenters. The Hall–Kier alpha value is 10.2. The Labute approximate surface area is 320 Å². The molecule has 0 unspecified atom stereocenters. The third-order valence-corrected chi connectivity index (χ3v) is 0. The zero-order valence-corrected chi connectivity index (χ0v) is 26.4. The molecule has 0 amide bonds. The molecule has 13 heavy (non-hydrogen) atoms. The molecule has 3 N–H and O–H groups in total. The third kappa shape index (κ3) is 87.1. The van der Waals surface area contributed by atoms with Gasteiger partial charge in [0.05, 0.1) is 0 Å². The fourth-order valence-corrected chi connectivity index (χ4v) is 0. The molecule has 13 heteroatoms. The molecule has 0 rings (SSSR count). The summed E-state index contributed by atoms with van der Waals surface area (Å²) in [7, 11) is -4.64. The van der Waals surface area contributed by atoms with Crippen molar-refractivity contribution in [3.63, 3.8) is 0 Å². The molecule has 32 valence electrons. The first-order valence-corrected chi connectivity index (χ1v) is 2.35. The monoisotopic (exact) mass is 420 g/mol. The van der Waals surface area contributed by atoms with Gasteiger partial charge in [-0.1, -0.05) is 0 Å². The molecule has 0 aromatic carbocycles. The van der Waals surface area contributed by atoms with E-state index in [0.29, 0.717) is 0 Å². The van der Waals surface area contributed by atoms with Crippen molar-refractivity contribution in [2.45, 2.75) is 0 Å². The van der Waals surface area contributed by atoms with Gasteiger partial charge < -0.3 is 14.7 Å². The Morgan fingerprint density at radius 2 is 0.615 bits per heavy atom. The summed E-state index contributed by atoms with van der Waals surface area (Å²) in [5.41, 5.74) is 0. The van der Waals surface area contributed by atoms with Crippen molar-refractivity contribution in [2.75, 3.05) is 0 Å². The molecular weight excluding hydrogens is 416 g/mol. The van der Waals surface area contributed by atoms with Gasteiger partial charge in [-0.2, -0.15) is 0 Å². The molecule has 0 aliphatic carbocycles. The van der Waals surface area contributed by atoms with E-state index < -0.39 is 7.82 Å². The van der Waals surface area contributed by atoms with Crippen LogP contribution in [0.3, 0.4) is 0 Å². The predicted octanol–water partition coefficient (Wildman–Crippen LogP) is -3.75. The molecule has 0 saturated heterocycles. The number of hydrogen-bond donors (Lipinski definition) is 3. The fourth-order valence-electron chi connectivity index (χ4n) is 0. The molecule has 0 aromatic rings. The molecule has 0 saturated carbocycles. The van der Waals surface area contributed by atoms with E-state index in [1.165, 1.54) is 0 Å². The Morgan fingerprint density at radius 1 is 0.615 bits per heavy atom. The Morgan fingerprint density at radius 3 is 0.615 bits per heavy atom. The van der Waals surface area contributed by atoms with Gasteiger partial charge in [-0.3, -0.25) is 0 Å². The predicted molar refractivity (Wildman–Crippen MR) is 62.5 cm³/mol. The summed E-state index contributed by atoms with van der Waals surface area (Å²) in [5.74, 6) is 0. The largest absolute Gasteiger partial charge is 2.00 e. The minimum atomic E-state index is -4.64. The molecular formula is H5Ca8O4P+18. The van der Waals surface area contributed by atoms with Crippen LogP contribution in [-0.4, -0.2) is 317 Å². The van der Waals surface area contributed by atoms with Crippen LogP contribution in [0.25, 0.3) is 0 Å². The van der Waals surface area contributed by atoms with Crippen LogP contribution >= 0.6 is 7.82 Å². The smallest absolute Gasteiger partial charge is 0.303 e. The van der Waals surface area contributed by atoms with Crippen molar-refractivity contribution >= 4 is 310 Å². The summed E-state index contributed by atoms with van der Waals surface area (Å²) in [6, 6.07) is 0. The molecule has 0 aromatic heterocycles. The van der Waals surface area contributed by atoms with Gasteiger partial charge in [-0.05, 0) is 0 Å². The normalized spacial score (nSPS) is 4.54. The van der Waals surface area contributed by atoms with E-state index in [9.17, 15) is 0 Å². The van der Waals surface area contributed by atoms with Crippen LogP contribution in [0, 0.1) is 0 Å². The van der Waals surface area contributed by atoms with Crippen LogP contribution in [0.15, 0.2) is 0 Å². The van der Waals surface area contributed by atoms with Crippen LogP contribution in [0.2, 0.25) is 0 Å². The summed E-state index contributed by atoms with van der Waals surface area (Å²) in [4.78, 5) is 21.6. The van der Waals surface area contributed by atoms with Crippen molar-refractivity contribution in [3.05, 3.63) is 0 Å². The average molecular weight is 421 g/mol. The maximum absolute atomic E-state index is 8.88. The molecule has 4 nitrogen and oxygen atoms in total. The summed E-state index contributed by atoms with van der Waals surface area (Å²) in [6.45, 7) is 0. The van der Waals surface area contributed by atoms with Gasteiger partial charge in [-0.25, -0.2) is 4.57 Å².